The van der Waals surface area contributed by atoms with Gasteiger partial charge in [-0.3, -0.25) is 0 Å². The van der Waals surface area contributed by atoms with Crippen molar-refractivity contribution in [3.05, 3.63) is 59.7 Å². The van der Waals surface area contributed by atoms with Gasteiger partial charge in [0.15, 0.2) is 0 Å². The van der Waals surface area contributed by atoms with E-state index < -0.39 is 6.10 Å². The van der Waals surface area contributed by atoms with Gasteiger partial charge in [-0.05, 0) is 36.1 Å². The first kappa shape index (κ1) is 14.6. The summed E-state index contributed by atoms with van der Waals surface area (Å²) in [5, 5.41) is 9.51. The second-order valence-electron chi connectivity index (χ2n) is 6.09. The quantitative estimate of drug-likeness (QED) is 0.865. The number of hydrogen-bond donors (Lipinski definition) is 1. The van der Waals surface area contributed by atoms with Crippen molar-refractivity contribution in [3.8, 4) is 11.5 Å². The summed E-state index contributed by atoms with van der Waals surface area (Å²) in [6.07, 6.45) is -0.453. The summed E-state index contributed by atoms with van der Waals surface area (Å²) in [5.74, 6) is 1.66. The van der Waals surface area contributed by atoms with Crippen molar-refractivity contribution in [1.29, 1.82) is 0 Å². The maximum Gasteiger partial charge on any atom is 0.131 e. The maximum atomic E-state index is 9.51. The third kappa shape index (κ3) is 3.40. The molecule has 0 heterocycles. The van der Waals surface area contributed by atoms with Crippen LogP contribution in [0.25, 0.3) is 0 Å². The van der Waals surface area contributed by atoms with Gasteiger partial charge < -0.3 is 9.84 Å². The van der Waals surface area contributed by atoms with Crippen molar-refractivity contribution in [2.45, 2.75) is 39.2 Å². The van der Waals surface area contributed by atoms with E-state index in [1.807, 2.05) is 42.5 Å². The SMILES string of the molecule is CC(O)c1ccc(Oc2ccccc2C(C)(C)C)cc1. The topological polar surface area (TPSA) is 29.5 Å². The van der Waals surface area contributed by atoms with Gasteiger partial charge in [-0.25, -0.2) is 0 Å². The third-order valence-corrected chi connectivity index (χ3v) is 3.29. The molecule has 0 saturated heterocycles. The monoisotopic (exact) mass is 270 g/mol. The van der Waals surface area contributed by atoms with E-state index in [0.29, 0.717) is 0 Å². The van der Waals surface area contributed by atoms with Gasteiger partial charge in [-0.15, -0.1) is 0 Å². The van der Waals surface area contributed by atoms with Gasteiger partial charge in [0, 0.05) is 5.56 Å². The Morgan fingerprint density at radius 2 is 1.55 bits per heavy atom. The molecule has 0 aliphatic heterocycles. The molecular formula is C18H22O2. The van der Waals surface area contributed by atoms with Crippen molar-refractivity contribution in [2.24, 2.45) is 0 Å². The van der Waals surface area contributed by atoms with E-state index in [9.17, 15) is 5.11 Å². The first-order valence-electron chi connectivity index (χ1n) is 6.93. The molecule has 0 aromatic heterocycles. The summed E-state index contributed by atoms with van der Waals surface area (Å²) in [7, 11) is 0. The molecule has 2 aromatic carbocycles. The molecule has 0 radical (unpaired) electrons. The zero-order valence-electron chi connectivity index (χ0n) is 12.6. The summed E-state index contributed by atoms with van der Waals surface area (Å²) < 4.78 is 5.99. The molecule has 2 rings (SSSR count). The second-order valence-corrected chi connectivity index (χ2v) is 6.09. The predicted molar refractivity (Wildman–Crippen MR) is 82.3 cm³/mol. The van der Waals surface area contributed by atoms with Gasteiger partial charge in [-0.2, -0.15) is 0 Å². The van der Waals surface area contributed by atoms with Gasteiger partial charge >= 0.3 is 0 Å². The lowest BCUT2D eigenvalue weighted by molar-refractivity contribution is 0.199. The Labute approximate surface area is 121 Å². The molecule has 2 aromatic rings. The van der Waals surface area contributed by atoms with E-state index in [-0.39, 0.29) is 5.41 Å². The minimum absolute atomic E-state index is 0.0378. The predicted octanol–water partition coefficient (Wildman–Crippen LogP) is 4.83. The lowest BCUT2D eigenvalue weighted by Crippen LogP contribution is -2.12. The molecule has 0 saturated carbocycles. The number of benzene rings is 2. The van der Waals surface area contributed by atoms with E-state index in [2.05, 4.69) is 26.8 Å². The van der Waals surface area contributed by atoms with Crippen LogP contribution in [0, 0.1) is 0 Å². The summed E-state index contributed by atoms with van der Waals surface area (Å²) in [6, 6.07) is 15.7. The average molecular weight is 270 g/mol. The summed E-state index contributed by atoms with van der Waals surface area (Å²) in [4.78, 5) is 0. The molecule has 1 atom stereocenters. The van der Waals surface area contributed by atoms with Crippen LogP contribution in [-0.4, -0.2) is 5.11 Å². The normalized spacial score (nSPS) is 13.1. The number of rotatable bonds is 3. The Morgan fingerprint density at radius 3 is 2.10 bits per heavy atom. The lowest BCUT2D eigenvalue weighted by Gasteiger charge is -2.22. The molecule has 0 fully saturated rings. The molecule has 20 heavy (non-hydrogen) atoms. The Morgan fingerprint density at radius 1 is 0.950 bits per heavy atom. The molecule has 1 N–H and O–H groups in total. The van der Waals surface area contributed by atoms with E-state index in [1.165, 1.54) is 5.56 Å². The first-order chi connectivity index (χ1) is 9.38. The molecule has 1 unspecified atom stereocenters. The minimum atomic E-state index is -0.453. The fourth-order valence-electron chi connectivity index (χ4n) is 2.12. The molecule has 0 bridgehead atoms. The molecular weight excluding hydrogens is 248 g/mol. The fourth-order valence-corrected chi connectivity index (χ4v) is 2.12. The number of aliphatic hydroxyl groups excluding tert-OH is 1. The highest BCUT2D eigenvalue weighted by molar-refractivity contribution is 5.42. The maximum absolute atomic E-state index is 9.51. The third-order valence-electron chi connectivity index (χ3n) is 3.29. The van der Waals surface area contributed by atoms with Gasteiger partial charge in [-0.1, -0.05) is 51.1 Å². The highest BCUT2D eigenvalue weighted by Crippen LogP contribution is 2.34. The minimum Gasteiger partial charge on any atom is -0.457 e. The number of ether oxygens (including phenoxy) is 1. The van der Waals surface area contributed by atoms with E-state index in [0.717, 1.165) is 17.1 Å². The van der Waals surface area contributed by atoms with Crippen LogP contribution in [0.15, 0.2) is 48.5 Å². The van der Waals surface area contributed by atoms with Crippen LogP contribution < -0.4 is 4.74 Å². The van der Waals surface area contributed by atoms with Crippen LogP contribution in [0.2, 0.25) is 0 Å². The number of aliphatic hydroxyl groups is 1. The van der Waals surface area contributed by atoms with Crippen molar-refractivity contribution in [1.82, 2.24) is 0 Å². The van der Waals surface area contributed by atoms with Gasteiger partial charge in [0.1, 0.15) is 11.5 Å². The Hall–Kier alpha value is -1.80. The van der Waals surface area contributed by atoms with Crippen molar-refractivity contribution < 1.29 is 9.84 Å². The van der Waals surface area contributed by atoms with Crippen molar-refractivity contribution in [3.63, 3.8) is 0 Å². The second kappa shape index (κ2) is 5.68. The number of hydrogen-bond acceptors (Lipinski definition) is 2. The Kier molecular flexibility index (Phi) is 4.15. The van der Waals surface area contributed by atoms with Crippen LogP contribution in [0.5, 0.6) is 11.5 Å². The van der Waals surface area contributed by atoms with Crippen LogP contribution in [0.1, 0.15) is 44.9 Å². The first-order valence-corrected chi connectivity index (χ1v) is 6.93. The van der Waals surface area contributed by atoms with E-state index >= 15 is 0 Å². The van der Waals surface area contributed by atoms with Crippen LogP contribution in [-0.2, 0) is 5.41 Å². The summed E-state index contributed by atoms with van der Waals surface area (Å²) >= 11 is 0. The van der Waals surface area contributed by atoms with Crippen molar-refractivity contribution in [2.75, 3.05) is 0 Å². The van der Waals surface area contributed by atoms with Gasteiger partial charge in [0.05, 0.1) is 6.10 Å². The van der Waals surface area contributed by atoms with Crippen molar-refractivity contribution >= 4 is 0 Å². The Balaban J connectivity index is 2.26. The molecule has 0 spiro atoms. The number of para-hydroxylation sites is 1. The van der Waals surface area contributed by atoms with E-state index in [1.54, 1.807) is 6.92 Å². The molecule has 2 heteroatoms. The smallest absolute Gasteiger partial charge is 0.131 e. The summed E-state index contributed by atoms with van der Waals surface area (Å²) in [6.45, 7) is 8.27. The van der Waals surface area contributed by atoms with Crippen LogP contribution in [0.4, 0.5) is 0 Å². The van der Waals surface area contributed by atoms with Crippen LogP contribution >= 0.6 is 0 Å². The van der Waals surface area contributed by atoms with E-state index in [4.69, 9.17) is 4.74 Å². The van der Waals surface area contributed by atoms with Gasteiger partial charge in [0.25, 0.3) is 0 Å². The van der Waals surface area contributed by atoms with Crippen LogP contribution in [0.3, 0.4) is 0 Å². The summed E-state index contributed by atoms with van der Waals surface area (Å²) in [5.41, 5.74) is 2.11. The molecule has 106 valence electrons. The molecule has 2 nitrogen and oxygen atoms in total. The lowest BCUT2D eigenvalue weighted by atomic mass is 9.86. The highest BCUT2D eigenvalue weighted by atomic mass is 16.5. The zero-order chi connectivity index (χ0) is 14.8. The standard InChI is InChI=1S/C18H22O2/c1-13(19)14-9-11-15(12-10-14)20-17-8-6-5-7-16(17)18(2,3)4/h5-13,19H,1-4H3. The molecule has 0 amide bonds. The van der Waals surface area contributed by atoms with Gasteiger partial charge in [0.2, 0.25) is 0 Å². The molecule has 0 aliphatic rings. The fraction of sp³-hybridized carbons (Fsp3) is 0.333. The molecule has 0 aliphatic carbocycles. The average Bonchev–Trinajstić information content (AvgIpc) is 2.38. The zero-order valence-corrected chi connectivity index (χ0v) is 12.6. The highest BCUT2D eigenvalue weighted by Gasteiger charge is 2.18. The largest absolute Gasteiger partial charge is 0.457 e. The Bertz CT molecular complexity index is 563.